The number of thiazole rings is 1. The van der Waals surface area contributed by atoms with Crippen LogP contribution < -0.4 is 11.1 Å². The van der Waals surface area contributed by atoms with Gasteiger partial charge >= 0.3 is 0 Å². The van der Waals surface area contributed by atoms with Gasteiger partial charge in [0.25, 0.3) is 0 Å². The summed E-state index contributed by atoms with van der Waals surface area (Å²) in [6.45, 7) is 1.96. The average molecular weight is 225 g/mol. The fourth-order valence-corrected chi connectivity index (χ4v) is 2.38. The SMILES string of the molecule is Cc1cnc(NC(=O)CC2(N)CCC2)s1. The number of nitrogens with one attached hydrogen (secondary N) is 1. The molecule has 0 unspecified atom stereocenters. The Labute approximate surface area is 92.9 Å². The Morgan fingerprint density at radius 3 is 2.93 bits per heavy atom. The van der Waals surface area contributed by atoms with Crippen LogP contribution in [-0.2, 0) is 4.79 Å². The maximum atomic E-state index is 11.6. The Bertz CT molecular complexity index is 370. The van der Waals surface area contributed by atoms with Crippen LogP contribution >= 0.6 is 11.3 Å². The Kier molecular flexibility index (Phi) is 2.75. The van der Waals surface area contributed by atoms with E-state index in [-0.39, 0.29) is 11.4 Å². The van der Waals surface area contributed by atoms with E-state index < -0.39 is 0 Å². The Morgan fingerprint density at radius 1 is 1.73 bits per heavy atom. The number of carbonyl (C=O) groups is 1. The van der Waals surface area contributed by atoms with Crippen LogP contribution in [0.4, 0.5) is 5.13 Å². The third-order valence-electron chi connectivity index (χ3n) is 2.73. The first-order chi connectivity index (χ1) is 7.07. The molecule has 1 heterocycles. The molecule has 1 aliphatic rings. The van der Waals surface area contributed by atoms with E-state index in [2.05, 4.69) is 10.3 Å². The molecule has 0 aromatic carbocycles. The highest BCUT2D eigenvalue weighted by Crippen LogP contribution is 2.32. The molecule has 1 aliphatic carbocycles. The maximum Gasteiger partial charge on any atom is 0.228 e. The molecular weight excluding hydrogens is 210 g/mol. The predicted molar refractivity (Wildman–Crippen MR) is 60.9 cm³/mol. The number of nitrogens with two attached hydrogens (primary N) is 1. The number of anilines is 1. The second-order valence-electron chi connectivity index (χ2n) is 4.22. The molecule has 1 fully saturated rings. The second kappa shape index (κ2) is 3.90. The van der Waals surface area contributed by atoms with E-state index >= 15 is 0 Å². The zero-order chi connectivity index (χ0) is 10.9. The lowest BCUT2D eigenvalue weighted by Gasteiger charge is -2.37. The van der Waals surface area contributed by atoms with Crippen molar-refractivity contribution in [3.63, 3.8) is 0 Å². The van der Waals surface area contributed by atoms with Gasteiger partial charge in [0.2, 0.25) is 5.91 Å². The minimum Gasteiger partial charge on any atom is -0.325 e. The Morgan fingerprint density at radius 2 is 2.47 bits per heavy atom. The molecule has 5 heteroatoms. The molecule has 0 spiro atoms. The van der Waals surface area contributed by atoms with Crippen molar-refractivity contribution in [2.75, 3.05) is 5.32 Å². The number of aryl methyl sites for hydroxylation is 1. The third kappa shape index (κ3) is 2.54. The Hall–Kier alpha value is -0.940. The highest BCUT2D eigenvalue weighted by Gasteiger charge is 2.34. The summed E-state index contributed by atoms with van der Waals surface area (Å²) in [5, 5.41) is 3.44. The minimum atomic E-state index is -0.254. The monoisotopic (exact) mass is 225 g/mol. The van der Waals surface area contributed by atoms with E-state index in [4.69, 9.17) is 5.73 Å². The number of hydrogen-bond acceptors (Lipinski definition) is 4. The average Bonchev–Trinajstić information content (AvgIpc) is 2.48. The van der Waals surface area contributed by atoms with E-state index in [1.165, 1.54) is 11.3 Å². The van der Waals surface area contributed by atoms with E-state index in [1.807, 2.05) is 6.92 Å². The highest BCUT2D eigenvalue weighted by molar-refractivity contribution is 7.15. The van der Waals surface area contributed by atoms with Gasteiger partial charge in [-0.05, 0) is 26.2 Å². The first kappa shape index (κ1) is 10.6. The zero-order valence-corrected chi connectivity index (χ0v) is 9.56. The molecule has 82 valence electrons. The quantitative estimate of drug-likeness (QED) is 0.822. The normalized spacial score (nSPS) is 18.3. The number of nitrogens with zero attached hydrogens (tertiary/aromatic N) is 1. The molecule has 0 bridgehead atoms. The van der Waals surface area contributed by atoms with E-state index in [1.54, 1.807) is 6.20 Å². The van der Waals surface area contributed by atoms with Crippen LogP contribution in [0.1, 0.15) is 30.6 Å². The molecule has 0 aliphatic heterocycles. The number of carbonyl (C=O) groups excluding carboxylic acids is 1. The minimum absolute atomic E-state index is 0.0217. The lowest BCUT2D eigenvalue weighted by molar-refractivity contribution is -0.118. The van der Waals surface area contributed by atoms with Crippen molar-refractivity contribution in [3.05, 3.63) is 11.1 Å². The van der Waals surface area contributed by atoms with Gasteiger partial charge in [-0.25, -0.2) is 4.98 Å². The van der Waals surface area contributed by atoms with Crippen LogP contribution in [0.3, 0.4) is 0 Å². The molecule has 0 radical (unpaired) electrons. The Balaban J connectivity index is 1.87. The van der Waals surface area contributed by atoms with Crippen molar-refractivity contribution in [2.45, 2.75) is 38.1 Å². The van der Waals surface area contributed by atoms with Crippen LogP contribution in [0, 0.1) is 6.92 Å². The standard InChI is InChI=1S/C10H15N3OS/c1-7-6-12-9(15-7)13-8(14)5-10(11)3-2-4-10/h6H,2-5,11H2,1H3,(H,12,13,14). The summed E-state index contributed by atoms with van der Waals surface area (Å²) >= 11 is 1.48. The van der Waals surface area contributed by atoms with Crippen LogP contribution in [-0.4, -0.2) is 16.4 Å². The second-order valence-corrected chi connectivity index (χ2v) is 5.45. The smallest absolute Gasteiger partial charge is 0.228 e. The molecule has 1 aromatic heterocycles. The number of amides is 1. The van der Waals surface area contributed by atoms with Crippen LogP contribution in [0.15, 0.2) is 6.20 Å². The highest BCUT2D eigenvalue weighted by atomic mass is 32.1. The molecule has 0 atom stereocenters. The van der Waals surface area contributed by atoms with Crippen molar-refractivity contribution >= 4 is 22.4 Å². The third-order valence-corrected chi connectivity index (χ3v) is 3.56. The van der Waals surface area contributed by atoms with Crippen LogP contribution in [0.2, 0.25) is 0 Å². The summed E-state index contributed by atoms with van der Waals surface area (Å²) < 4.78 is 0. The first-order valence-corrected chi connectivity index (χ1v) is 5.90. The summed E-state index contributed by atoms with van der Waals surface area (Å²) in [6, 6.07) is 0. The van der Waals surface area contributed by atoms with Crippen molar-refractivity contribution in [3.8, 4) is 0 Å². The molecule has 15 heavy (non-hydrogen) atoms. The molecule has 4 nitrogen and oxygen atoms in total. The fourth-order valence-electron chi connectivity index (χ4n) is 1.70. The maximum absolute atomic E-state index is 11.6. The largest absolute Gasteiger partial charge is 0.325 e. The topological polar surface area (TPSA) is 68.0 Å². The van der Waals surface area contributed by atoms with E-state index in [0.29, 0.717) is 11.6 Å². The van der Waals surface area contributed by atoms with Gasteiger partial charge in [-0.3, -0.25) is 4.79 Å². The van der Waals surface area contributed by atoms with Gasteiger partial charge in [0, 0.05) is 23.0 Å². The first-order valence-electron chi connectivity index (χ1n) is 5.09. The van der Waals surface area contributed by atoms with Crippen molar-refractivity contribution in [1.29, 1.82) is 0 Å². The van der Waals surface area contributed by atoms with Crippen molar-refractivity contribution < 1.29 is 4.79 Å². The van der Waals surface area contributed by atoms with Gasteiger partial charge in [-0.1, -0.05) is 0 Å². The lowest BCUT2D eigenvalue weighted by Crippen LogP contribution is -2.48. The summed E-state index contributed by atoms with van der Waals surface area (Å²) in [7, 11) is 0. The lowest BCUT2D eigenvalue weighted by atomic mass is 9.75. The number of rotatable bonds is 3. The predicted octanol–water partition coefficient (Wildman–Crippen LogP) is 1.66. The summed E-state index contributed by atoms with van der Waals surface area (Å²) in [4.78, 5) is 16.8. The number of aromatic nitrogens is 1. The molecule has 1 aromatic rings. The van der Waals surface area contributed by atoms with Gasteiger partial charge < -0.3 is 11.1 Å². The molecule has 0 saturated heterocycles. The zero-order valence-electron chi connectivity index (χ0n) is 8.75. The summed E-state index contributed by atoms with van der Waals surface area (Å²) in [5.41, 5.74) is 5.73. The van der Waals surface area contributed by atoms with Gasteiger partial charge in [0.1, 0.15) is 0 Å². The van der Waals surface area contributed by atoms with E-state index in [9.17, 15) is 4.79 Å². The summed E-state index contributed by atoms with van der Waals surface area (Å²) in [5.74, 6) is -0.0217. The van der Waals surface area contributed by atoms with Gasteiger partial charge in [-0.2, -0.15) is 0 Å². The van der Waals surface area contributed by atoms with E-state index in [0.717, 1.165) is 24.1 Å². The molecule has 2 rings (SSSR count). The summed E-state index contributed by atoms with van der Waals surface area (Å²) in [6.07, 6.45) is 5.21. The molecule has 3 N–H and O–H groups in total. The van der Waals surface area contributed by atoms with Crippen molar-refractivity contribution in [2.24, 2.45) is 5.73 Å². The molecular formula is C10H15N3OS. The van der Waals surface area contributed by atoms with Gasteiger partial charge in [0.05, 0.1) is 0 Å². The van der Waals surface area contributed by atoms with Crippen molar-refractivity contribution in [1.82, 2.24) is 4.98 Å². The number of hydrogen-bond donors (Lipinski definition) is 2. The molecule has 1 saturated carbocycles. The molecule has 1 amide bonds. The van der Waals surface area contributed by atoms with Crippen LogP contribution in [0.5, 0.6) is 0 Å². The van der Waals surface area contributed by atoms with Gasteiger partial charge in [-0.15, -0.1) is 11.3 Å². The fraction of sp³-hybridized carbons (Fsp3) is 0.600. The van der Waals surface area contributed by atoms with Crippen LogP contribution in [0.25, 0.3) is 0 Å². The van der Waals surface area contributed by atoms with Gasteiger partial charge in [0.15, 0.2) is 5.13 Å².